The lowest BCUT2D eigenvalue weighted by Crippen LogP contribution is -2.36. The quantitative estimate of drug-likeness (QED) is 0.306. The number of aryl methyl sites for hydroxylation is 1. The lowest BCUT2D eigenvalue weighted by atomic mass is 9.78. The number of rotatable bonds is 8. The molecule has 1 aliphatic carbocycles. The third-order valence-corrected chi connectivity index (χ3v) is 5.56. The van der Waals surface area contributed by atoms with Gasteiger partial charge in [-0.05, 0) is 38.0 Å². The van der Waals surface area contributed by atoms with Crippen molar-refractivity contribution in [3.63, 3.8) is 0 Å². The largest absolute Gasteiger partial charge is 0.481 e. The zero-order chi connectivity index (χ0) is 26.8. The first-order valence-corrected chi connectivity index (χ1v) is 11.0. The van der Waals surface area contributed by atoms with Gasteiger partial charge in [0.05, 0.1) is 16.8 Å². The van der Waals surface area contributed by atoms with Gasteiger partial charge < -0.3 is 25.4 Å². The Labute approximate surface area is 205 Å². The summed E-state index contributed by atoms with van der Waals surface area (Å²) < 4.78 is 4.78. The minimum atomic E-state index is -1.15. The Hall–Kier alpha value is -4.48. The number of anilines is 1. The molecular weight excluding hydrogens is 476 g/mol. The van der Waals surface area contributed by atoms with E-state index in [0.29, 0.717) is 24.1 Å². The van der Waals surface area contributed by atoms with E-state index in [1.165, 1.54) is 24.3 Å². The van der Waals surface area contributed by atoms with Gasteiger partial charge >= 0.3 is 17.9 Å². The van der Waals surface area contributed by atoms with Gasteiger partial charge in [-0.25, -0.2) is 9.59 Å². The van der Waals surface area contributed by atoms with E-state index in [1.54, 1.807) is 25.1 Å². The minimum Gasteiger partial charge on any atom is -0.481 e. The van der Waals surface area contributed by atoms with Crippen LogP contribution in [-0.4, -0.2) is 50.7 Å². The van der Waals surface area contributed by atoms with E-state index in [1.807, 2.05) is 0 Å². The molecule has 3 rings (SSSR count). The molecule has 1 aliphatic rings. The van der Waals surface area contributed by atoms with Gasteiger partial charge in [0.2, 0.25) is 5.91 Å². The molecule has 4 N–H and O–H groups in total. The topological polar surface area (TPSA) is 193 Å². The number of aromatic carboxylic acids is 1. The SMILES string of the molecule is Cc1ccc(NC(=O)[C@H]2CCCC[C@H]2C(=O)O)cc1[N+](=O)[O-].O=C(O)COc1ccccc1C(=O)O. The summed E-state index contributed by atoms with van der Waals surface area (Å²) in [5.41, 5.74) is 0.700. The van der Waals surface area contributed by atoms with Crippen LogP contribution in [0.2, 0.25) is 0 Å². The van der Waals surface area contributed by atoms with Crippen molar-refractivity contribution in [2.24, 2.45) is 11.8 Å². The predicted molar refractivity (Wildman–Crippen MR) is 126 cm³/mol. The van der Waals surface area contributed by atoms with Gasteiger partial charge in [0.25, 0.3) is 5.69 Å². The monoisotopic (exact) mass is 502 g/mol. The zero-order valence-corrected chi connectivity index (χ0v) is 19.4. The Morgan fingerprint density at radius 3 is 2.25 bits per heavy atom. The fourth-order valence-corrected chi connectivity index (χ4v) is 3.77. The number of para-hydroxylation sites is 1. The van der Waals surface area contributed by atoms with Gasteiger partial charge in [-0.2, -0.15) is 0 Å². The molecule has 1 saturated carbocycles. The zero-order valence-electron chi connectivity index (χ0n) is 19.4. The molecule has 0 unspecified atom stereocenters. The van der Waals surface area contributed by atoms with Crippen molar-refractivity contribution in [1.29, 1.82) is 0 Å². The summed E-state index contributed by atoms with van der Waals surface area (Å²) in [4.78, 5) is 54.8. The van der Waals surface area contributed by atoms with Crippen LogP contribution in [0, 0.1) is 28.9 Å². The van der Waals surface area contributed by atoms with E-state index in [2.05, 4.69) is 5.32 Å². The Morgan fingerprint density at radius 1 is 1.03 bits per heavy atom. The molecule has 12 nitrogen and oxygen atoms in total. The van der Waals surface area contributed by atoms with Crippen molar-refractivity contribution in [3.8, 4) is 5.75 Å². The summed E-state index contributed by atoms with van der Waals surface area (Å²) in [6.45, 7) is 1.07. The molecule has 192 valence electrons. The Balaban J connectivity index is 0.000000281. The van der Waals surface area contributed by atoms with Crippen LogP contribution >= 0.6 is 0 Å². The molecule has 0 aromatic heterocycles. The first-order chi connectivity index (χ1) is 17.0. The van der Waals surface area contributed by atoms with Crippen LogP contribution in [-0.2, 0) is 14.4 Å². The minimum absolute atomic E-state index is 0.0475. The third-order valence-electron chi connectivity index (χ3n) is 5.56. The third kappa shape index (κ3) is 7.79. The highest BCUT2D eigenvalue weighted by atomic mass is 16.6. The number of amides is 1. The normalized spacial score (nSPS) is 16.6. The first kappa shape index (κ1) is 27.8. The number of carboxylic acid groups (broad SMARTS) is 3. The lowest BCUT2D eigenvalue weighted by molar-refractivity contribution is -0.385. The second-order valence-electron chi connectivity index (χ2n) is 8.07. The first-order valence-electron chi connectivity index (χ1n) is 11.0. The molecule has 12 heteroatoms. The van der Waals surface area contributed by atoms with Crippen LogP contribution in [0.1, 0.15) is 41.6 Å². The number of nitrogens with zero attached hydrogens (tertiary/aromatic N) is 1. The lowest BCUT2D eigenvalue weighted by Gasteiger charge is -2.27. The second-order valence-corrected chi connectivity index (χ2v) is 8.07. The number of carboxylic acids is 3. The van der Waals surface area contributed by atoms with Crippen LogP contribution in [0.25, 0.3) is 0 Å². The van der Waals surface area contributed by atoms with Crippen LogP contribution in [0.15, 0.2) is 42.5 Å². The molecule has 0 spiro atoms. The predicted octanol–water partition coefficient (Wildman–Crippen LogP) is 3.58. The molecule has 1 fully saturated rings. The number of ether oxygens (including phenoxy) is 1. The number of carbonyl (C=O) groups is 4. The maximum absolute atomic E-state index is 12.3. The van der Waals surface area contributed by atoms with Crippen molar-refractivity contribution in [1.82, 2.24) is 0 Å². The summed E-state index contributed by atoms with van der Waals surface area (Å²) >= 11 is 0. The van der Waals surface area contributed by atoms with Crippen molar-refractivity contribution in [3.05, 3.63) is 63.7 Å². The van der Waals surface area contributed by atoms with Gasteiger partial charge in [0, 0.05) is 17.3 Å². The van der Waals surface area contributed by atoms with Crippen molar-refractivity contribution in [2.75, 3.05) is 11.9 Å². The molecular formula is C24H26N2O10. The number of aliphatic carboxylic acids is 2. The number of nitrogens with one attached hydrogen (secondary N) is 1. The Kier molecular flexibility index (Phi) is 9.90. The average molecular weight is 502 g/mol. The highest BCUT2D eigenvalue weighted by Gasteiger charge is 2.35. The molecule has 0 radical (unpaired) electrons. The van der Waals surface area contributed by atoms with E-state index in [4.69, 9.17) is 14.9 Å². The van der Waals surface area contributed by atoms with Crippen LogP contribution in [0.5, 0.6) is 5.75 Å². The smallest absolute Gasteiger partial charge is 0.341 e. The Bertz CT molecular complexity index is 1150. The van der Waals surface area contributed by atoms with E-state index in [0.717, 1.165) is 12.8 Å². The molecule has 0 aliphatic heterocycles. The number of carbonyl (C=O) groups excluding carboxylic acids is 1. The van der Waals surface area contributed by atoms with E-state index in [-0.39, 0.29) is 22.9 Å². The van der Waals surface area contributed by atoms with Crippen molar-refractivity contribution >= 4 is 35.2 Å². The van der Waals surface area contributed by atoms with Crippen molar-refractivity contribution in [2.45, 2.75) is 32.6 Å². The van der Waals surface area contributed by atoms with Gasteiger partial charge in [0.1, 0.15) is 11.3 Å². The van der Waals surface area contributed by atoms with E-state index in [9.17, 15) is 34.4 Å². The molecule has 2 atom stereocenters. The number of hydrogen-bond donors (Lipinski definition) is 4. The van der Waals surface area contributed by atoms with E-state index >= 15 is 0 Å². The second kappa shape index (κ2) is 12.8. The molecule has 0 heterocycles. The molecule has 0 bridgehead atoms. The van der Waals surface area contributed by atoms with Crippen LogP contribution in [0.3, 0.4) is 0 Å². The number of hydrogen-bond acceptors (Lipinski definition) is 7. The summed E-state index contributed by atoms with van der Waals surface area (Å²) in [5, 5.41) is 39.8. The standard InChI is InChI=1S/C15H18N2O5.C9H8O5/c1-9-6-7-10(8-13(9)17(21)22)16-14(18)11-4-2-3-5-12(11)15(19)20;10-8(11)5-14-7-4-2-1-3-6(7)9(12)13/h6-8,11-12H,2-5H2,1H3,(H,16,18)(H,19,20);1-4H,5H2,(H,10,11)(H,12,13)/t11-,12+;/m0./s1. The highest BCUT2D eigenvalue weighted by molar-refractivity contribution is 5.95. The Morgan fingerprint density at radius 2 is 1.67 bits per heavy atom. The summed E-state index contributed by atoms with van der Waals surface area (Å²) in [6.07, 6.45) is 2.63. The van der Waals surface area contributed by atoms with Crippen molar-refractivity contribution < 1.29 is 44.2 Å². The van der Waals surface area contributed by atoms with Gasteiger partial charge in [0.15, 0.2) is 6.61 Å². The maximum atomic E-state index is 12.3. The average Bonchev–Trinajstić information content (AvgIpc) is 2.84. The van der Waals surface area contributed by atoms with Gasteiger partial charge in [-0.1, -0.05) is 31.0 Å². The molecule has 2 aromatic rings. The number of benzene rings is 2. The van der Waals surface area contributed by atoms with Crippen LogP contribution in [0.4, 0.5) is 11.4 Å². The number of nitro groups is 1. The molecule has 1 amide bonds. The molecule has 2 aromatic carbocycles. The van der Waals surface area contributed by atoms with Gasteiger partial charge in [-0.15, -0.1) is 0 Å². The highest BCUT2D eigenvalue weighted by Crippen LogP contribution is 2.32. The van der Waals surface area contributed by atoms with Crippen LogP contribution < -0.4 is 10.1 Å². The summed E-state index contributed by atoms with van der Waals surface area (Å²) in [6, 6.07) is 10.3. The van der Waals surface area contributed by atoms with Gasteiger partial charge in [-0.3, -0.25) is 19.7 Å². The summed E-state index contributed by atoms with van der Waals surface area (Å²) in [5.74, 6) is -4.86. The molecule has 0 saturated heterocycles. The number of nitro benzene ring substituents is 1. The maximum Gasteiger partial charge on any atom is 0.341 e. The summed E-state index contributed by atoms with van der Waals surface area (Å²) in [7, 11) is 0. The fraction of sp³-hybridized carbons (Fsp3) is 0.333. The fourth-order valence-electron chi connectivity index (χ4n) is 3.77. The van der Waals surface area contributed by atoms with E-state index < -0.39 is 41.3 Å². The molecule has 36 heavy (non-hydrogen) atoms.